The molecule has 1 saturated heterocycles. The van der Waals surface area contributed by atoms with Crippen LogP contribution in [0.4, 0.5) is 4.79 Å². The smallest absolute Gasteiger partial charge is 0.409 e. The van der Waals surface area contributed by atoms with E-state index in [0.29, 0.717) is 39.2 Å². The summed E-state index contributed by atoms with van der Waals surface area (Å²) < 4.78 is 4.99. The van der Waals surface area contributed by atoms with Crippen LogP contribution in [-0.4, -0.2) is 79.1 Å². The monoisotopic (exact) mass is 295 g/mol. The maximum Gasteiger partial charge on any atom is 0.409 e. The Balaban J connectivity index is 2.33. The number of amides is 2. The van der Waals surface area contributed by atoms with E-state index in [1.165, 1.54) is 0 Å². The van der Waals surface area contributed by atoms with Crippen LogP contribution in [0.5, 0.6) is 0 Å². The fourth-order valence-electron chi connectivity index (χ4n) is 2.26. The zero-order chi connectivity index (χ0) is 15.7. The average Bonchev–Trinajstić information content (AvgIpc) is 2.51. The van der Waals surface area contributed by atoms with E-state index in [4.69, 9.17) is 11.2 Å². The third-order valence-corrected chi connectivity index (χ3v) is 3.52. The molecule has 0 aromatic heterocycles. The van der Waals surface area contributed by atoms with E-state index in [1.807, 2.05) is 6.92 Å². The second-order valence-electron chi connectivity index (χ2n) is 4.90. The quantitative estimate of drug-likeness (QED) is 0.675. The van der Waals surface area contributed by atoms with E-state index in [2.05, 4.69) is 10.8 Å². The molecular formula is C15H25N3O3. The van der Waals surface area contributed by atoms with E-state index < -0.39 is 0 Å². The Kier molecular flexibility index (Phi) is 7.62. The Morgan fingerprint density at radius 1 is 1.24 bits per heavy atom. The Morgan fingerprint density at radius 2 is 1.90 bits per heavy atom. The van der Waals surface area contributed by atoms with E-state index >= 15 is 0 Å². The topological polar surface area (TPSA) is 53.1 Å². The molecule has 21 heavy (non-hydrogen) atoms. The van der Waals surface area contributed by atoms with Crippen molar-refractivity contribution >= 4 is 12.0 Å². The number of hydrogen-bond donors (Lipinski definition) is 0. The van der Waals surface area contributed by atoms with Crippen LogP contribution in [0.25, 0.3) is 0 Å². The van der Waals surface area contributed by atoms with Crippen molar-refractivity contribution in [1.29, 1.82) is 0 Å². The van der Waals surface area contributed by atoms with Gasteiger partial charge in [0.1, 0.15) is 0 Å². The van der Waals surface area contributed by atoms with E-state index in [0.717, 1.165) is 19.6 Å². The number of rotatable bonds is 6. The van der Waals surface area contributed by atoms with Gasteiger partial charge in [0.25, 0.3) is 0 Å². The molecule has 118 valence electrons. The molecule has 0 radical (unpaired) electrons. The van der Waals surface area contributed by atoms with Crippen LogP contribution in [0.15, 0.2) is 0 Å². The minimum atomic E-state index is -0.243. The molecule has 6 nitrogen and oxygen atoms in total. The molecule has 0 aliphatic carbocycles. The third kappa shape index (κ3) is 5.64. The van der Waals surface area contributed by atoms with Gasteiger partial charge in [0.15, 0.2) is 0 Å². The number of terminal acetylenes is 1. The normalized spacial score (nSPS) is 15.4. The van der Waals surface area contributed by atoms with Crippen molar-refractivity contribution in [3.8, 4) is 12.3 Å². The van der Waals surface area contributed by atoms with Crippen molar-refractivity contribution in [2.75, 3.05) is 52.4 Å². The summed E-state index contributed by atoms with van der Waals surface area (Å²) in [5.41, 5.74) is 0. The Hall–Kier alpha value is -1.74. The minimum absolute atomic E-state index is 0.0816. The van der Waals surface area contributed by atoms with Gasteiger partial charge in [-0.2, -0.15) is 0 Å². The summed E-state index contributed by atoms with van der Waals surface area (Å²) in [7, 11) is 0. The molecule has 0 saturated carbocycles. The lowest BCUT2D eigenvalue weighted by Gasteiger charge is -2.35. The molecule has 0 unspecified atom stereocenters. The van der Waals surface area contributed by atoms with Gasteiger partial charge in [0.2, 0.25) is 5.91 Å². The van der Waals surface area contributed by atoms with E-state index in [-0.39, 0.29) is 12.0 Å². The summed E-state index contributed by atoms with van der Waals surface area (Å²) in [6.07, 6.45) is 5.52. The summed E-state index contributed by atoms with van der Waals surface area (Å²) >= 11 is 0. The number of piperazine rings is 1. The minimum Gasteiger partial charge on any atom is -0.450 e. The number of carbonyl (C=O) groups is 2. The molecule has 0 bridgehead atoms. The lowest BCUT2D eigenvalue weighted by Crippen LogP contribution is -2.50. The first kappa shape index (κ1) is 17.3. The van der Waals surface area contributed by atoms with Crippen molar-refractivity contribution in [3.63, 3.8) is 0 Å². The first-order valence-electron chi connectivity index (χ1n) is 7.47. The molecule has 0 N–H and O–H groups in total. The molecule has 0 aromatic rings. The fourth-order valence-corrected chi connectivity index (χ4v) is 2.26. The third-order valence-electron chi connectivity index (χ3n) is 3.52. The van der Waals surface area contributed by atoms with Crippen LogP contribution < -0.4 is 0 Å². The first-order chi connectivity index (χ1) is 10.1. The van der Waals surface area contributed by atoms with Crippen LogP contribution >= 0.6 is 0 Å². The molecule has 0 atom stereocenters. The van der Waals surface area contributed by atoms with Gasteiger partial charge in [-0.3, -0.25) is 9.69 Å². The van der Waals surface area contributed by atoms with Gasteiger partial charge in [0.05, 0.1) is 13.2 Å². The van der Waals surface area contributed by atoms with Crippen molar-refractivity contribution in [1.82, 2.24) is 14.7 Å². The highest BCUT2D eigenvalue weighted by atomic mass is 16.6. The maximum atomic E-state index is 11.7. The summed E-state index contributed by atoms with van der Waals surface area (Å²) in [4.78, 5) is 29.0. The largest absolute Gasteiger partial charge is 0.450 e. The summed E-state index contributed by atoms with van der Waals surface area (Å²) in [5.74, 6) is 2.61. The predicted octanol–water partition coefficient (Wildman–Crippen LogP) is 0.632. The molecule has 1 aliphatic rings. The Morgan fingerprint density at radius 3 is 2.43 bits per heavy atom. The zero-order valence-corrected chi connectivity index (χ0v) is 13.0. The summed E-state index contributed by atoms with van der Waals surface area (Å²) in [6, 6.07) is 0. The van der Waals surface area contributed by atoms with Crippen LogP contribution in [-0.2, 0) is 9.53 Å². The molecule has 1 fully saturated rings. The van der Waals surface area contributed by atoms with E-state index in [9.17, 15) is 9.59 Å². The molecule has 6 heteroatoms. The number of hydrogen-bond acceptors (Lipinski definition) is 4. The Bertz CT molecular complexity index is 384. The summed E-state index contributed by atoms with van der Waals surface area (Å²) in [5, 5.41) is 0. The molecule has 0 aromatic carbocycles. The number of nitrogens with zero attached hydrogens (tertiary/aromatic N) is 3. The van der Waals surface area contributed by atoms with Gasteiger partial charge in [-0.05, 0) is 6.92 Å². The SMILES string of the molecule is C#CCN(CCN1CCN(C(=O)OCC)CC1)C(=O)CC. The van der Waals surface area contributed by atoms with Crippen LogP contribution in [0, 0.1) is 12.3 Å². The first-order valence-corrected chi connectivity index (χ1v) is 7.47. The van der Waals surface area contributed by atoms with Gasteiger partial charge in [0, 0.05) is 45.7 Å². The Labute approximate surface area is 127 Å². The molecule has 1 heterocycles. The lowest BCUT2D eigenvalue weighted by molar-refractivity contribution is -0.130. The molecular weight excluding hydrogens is 270 g/mol. The maximum absolute atomic E-state index is 11.7. The fraction of sp³-hybridized carbons (Fsp3) is 0.733. The van der Waals surface area contributed by atoms with Crippen LogP contribution in [0.2, 0.25) is 0 Å². The van der Waals surface area contributed by atoms with Crippen LogP contribution in [0.3, 0.4) is 0 Å². The highest BCUT2D eigenvalue weighted by Gasteiger charge is 2.22. The van der Waals surface area contributed by atoms with E-state index in [1.54, 1.807) is 16.7 Å². The van der Waals surface area contributed by atoms with Gasteiger partial charge in [-0.1, -0.05) is 12.8 Å². The molecule has 1 rings (SSSR count). The second kappa shape index (κ2) is 9.24. The van der Waals surface area contributed by atoms with Crippen molar-refractivity contribution < 1.29 is 14.3 Å². The average molecular weight is 295 g/mol. The number of carbonyl (C=O) groups excluding carboxylic acids is 2. The molecule has 0 spiro atoms. The van der Waals surface area contributed by atoms with Crippen molar-refractivity contribution in [2.24, 2.45) is 0 Å². The van der Waals surface area contributed by atoms with Crippen LogP contribution in [0.1, 0.15) is 20.3 Å². The molecule has 2 amide bonds. The van der Waals surface area contributed by atoms with Gasteiger partial charge in [-0.25, -0.2) is 4.79 Å². The van der Waals surface area contributed by atoms with Crippen molar-refractivity contribution in [3.05, 3.63) is 0 Å². The molecule has 1 aliphatic heterocycles. The summed E-state index contributed by atoms with van der Waals surface area (Å²) in [6.45, 7) is 8.73. The van der Waals surface area contributed by atoms with Gasteiger partial charge < -0.3 is 14.5 Å². The predicted molar refractivity (Wildman–Crippen MR) is 80.7 cm³/mol. The highest BCUT2D eigenvalue weighted by molar-refractivity contribution is 5.76. The van der Waals surface area contributed by atoms with Gasteiger partial charge >= 0.3 is 6.09 Å². The highest BCUT2D eigenvalue weighted by Crippen LogP contribution is 2.04. The van der Waals surface area contributed by atoms with Gasteiger partial charge in [-0.15, -0.1) is 6.42 Å². The lowest BCUT2D eigenvalue weighted by atomic mass is 10.3. The second-order valence-corrected chi connectivity index (χ2v) is 4.90. The number of ether oxygens (including phenoxy) is 1. The zero-order valence-electron chi connectivity index (χ0n) is 13.0. The van der Waals surface area contributed by atoms with Crippen molar-refractivity contribution in [2.45, 2.75) is 20.3 Å². The standard InChI is InChI=1S/C15H25N3O3/c1-4-7-17(14(19)5-2)11-8-16-9-12-18(13-10-16)15(20)21-6-3/h1H,5-13H2,2-3H3.